The Morgan fingerprint density at radius 1 is 1.17 bits per heavy atom. The van der Waals surface area contributed by atoms with Crippen LogP contribution in [0.25, 0.3) is 0 Å². The van der Waals surface area contributed by atoms with Gasteiger partial charge in [-0.1, -0.05) is 30.5 Å². The van der Waals surface area contributed by atoms with Gasteiger partial charge < -0.3 is 11.1 Å². The van der Waals surface area contributed by atoms with Crippen LogP contribution >= 0.6 is 12.4 Å². The summed E-state index contributed by atoms with van der Waals surface area (Å²) >= 11 is 0. The predicted octanol–water partition coefficient (Wildman–Crippen LogP) is 3.32. The van der Waals surface area contributed by atoms with Crippen molar-refractivity contribution >= 4 is 24.1 Å². The van der Waals surface area contributed by atoms with Gasteiger partial charge in [0.05, 0.1) is 0 Å². The molecule has 0 aromatic heterocycles. The highest BCUT2D eigenvalue weighted by Gasteiger charge is 2.25. The fourth-order valence-corrected chi connectivity index (χ4v) is 3.36. The Balaban J connectivity index is 0.00000288. The van der Waals surface area contributed by atoms with E-state index < -0.39 is 0 Å². The van der Waals surface area contributed by atoms with Crippen molar-refractivity contribution in [3.05, 3.63) is 34.9 Å². The summed E-state index contributed by atoms with van der Waals surface area (Å²) in [7, 11) is 0. The van der Waals surface area contributed by atoms with Gasteiger partial charge >= 0.3 is 0 Å². The zero-order valence-electron chi connectivity index (χ0n) is 14.6. The van der Waals surface area contributed by atoms with E-state index in [-0.39, 0.29) is 43.0 Å². The molecule has 24 heavy (non-hydrogen) atoms. The van der Waals surface area contributed by atoms with E-state index >= 15 is 0 Å². The molecule has 5 heteroatoms. The van der Waals surface area contributed by atoms with E-state index in [0.717, 1.165) is 36.0 Å². The lowest BCUT2D eigenvalue weighted by atomic mass is 9.84. The molecule has 1 fully saturated rings. The van der Waals surface area contributed by atoms with E-state index in [1.165, 1.54) is 6.42 Å². The van der Waals surface area contributed by atoms with Crippen molar-refractivity contribution in [2.45, 2.75) is 58.4 Å². The summed E-state index contributed by atoms with van der Waals surface area (Å²) in [4.78, 5) is 24.5. The Bertz CT molecular complexity index is 574. The number of hydrogen-bond acceptors (Lipinski definition) is 3. The van der Waals surface area contributed by atoms with E-state index in [2.05, 4.69) is 5.32 Å². The molecule has 2 rings (SSSR count). The molecule has 0 spiro atoms. The molecule has 2 atom stereocenters. The molecule has 1 aliphatic rings. The molecule has 0 saturated heterocycles. The monoisotopic (exact) mass is 352 g/mol. The Labute approximate surface area is 151 Å². The third kappa shape index (κ3) is 5.60. The highest BCUT2D eigenvalue weighted by molar-refractivity contribution is 5.99. The molecule has 3 N–H and O–H groups in total. The fraction of sp³-hybridized carbons (Fsp3) is 0.579. The largest absolute Gasteiger partial charge is 0.353 e. The maximum absolute atomic E-state index is 12.3. The minimum absolute atomic E-state index is 0. The van der Waals surface area contributed by atoms with Crippen LogP contribution in [0.5, 0.6) is 0 Å². The predicted molar refractivity (Wildman–Crippen MR) is 99.7 cm³/mol. The summed E-state index contributed by atoms with van der Waals surface area (Å²) in [5, 5.41) is 3.08. The second kappa shape index (κ2) is 9.80. The molecule has 0 bridgehead atoms. The van der Waals surface area contributed by atoms with Crippen LogP contribution in [0.4, 0.5) is 0 Å². The van der Waals surface area contributed by atoms with Crippen LogP contribution in [0.2, 0.25) is 0 Å². The Morgan fingerprint density at radius 3 is 2.58 bits per heavy atom. The third-order valence-electron chi connectivity index (χ3n) is 4.83. The van der Waals surface area contributed by atoms with Gasteiger partial charge in [0.25, 0.3) is 0 Å². The number of ketones is 1. The number of hydrogen-bond donors (Lipinski definition) is 2. The number of carbonyl (C=O) groups is 2. The molecule has 0 heterocycles. The number of Topliss-reactive ketones (excluding diaryl/α,β-unsaturated/α-hetero) is 1. The van der Waals surface area contributed by atoms with E-state index in [1.54, 1.807) is 0 Å². The van der Waals surface area contributed by atoms with Crippen molar-refractivity contribution in [3.63, 3.8) is 0 Å². The molecule has 2 unspecified atom stereocenters. The number of carbonyl (C=O) groups excluding carboxylic acids is 2. The number of nitrogens with one attached hydrogen (secondary N) is 1. The molecule has 0 aliphatic heterocycles. The van der Waals surface area contributed by atoms with E-state index in [4.69, 9.17) is 5.73 Å². The van der Waals surface area contributed by atoms with Crippen molar-refractivity contribution < 1.29 is 9.59 Å². The highest BCUT2D eigenvalue weighted by atomic mass is 35.5. The van der Waals surface area contributed by atoms with Gasteiger partial charge in [0.15, 0.2) is 5.78 Å². The molecule has 1 aromatic rings. The van der Waals surface area contributed by atoms with Crippen LogP contribution in [0, 0.1) is 19.8 Å². The molecule has 1 saturated carbocycles. The first kappa shape index (κ1) is 20.7. The molecular formula is C19H29ClN2O2. The normalized spacial score (nSPS) is 20.1. The minimum Gasteiger partial charge on any atom is -0.353 e. The molecule has 0 radical (unpaired) electrons. The van der Waals surface area contributed by atoms with Crippen molar-refractivity contribution in [1.29, 1.82) is 0 Å². The summed E-state index contributed by atoms with van der Waals surface area (Å²) in [5.41, 5.74) is 8.56. The lowest BCUT2D eigenvalue weighted by molar-refractivity contribution is -0.122. The second-order valence-corrected chi connectivity index (χ2v) is 6.70. The summed E-state index contributed by atoms with van der Waals surface area (Å²) in [6.45, 7) is 4.52. The quantitative estimate of drug-likeness (QED) is 0.771. The van der Waals surface area contributed by atoms with E-state index in [9.17, 15) is 9.59 Å². The highest BCUT2D eigenvalue weighted by Crippen LogP contribution is 2.23. The van der Waals surface area contributed by atoms with Crippen LogP contribution in [0.15, 0.2) is 18.2 Å². The zero-order chi connectivity index (χ0) is 16.8. The van der Waals surface area contributed by atoms with Crippen molar-refractivity contribution in [2.75, 3.05) is 6.54 Å². The Hall–Kier alpha value is -1.39. The van der Waals surface area contributed by atoms with Gasteiger partial charge in [0, 0.05) is 24.4 Å². The van der Waals surface area contributed by atoms with Gasteiger partial charge in [-0.15, -0.1) is 12.4 Å². The van der Waals surface area contributed by atoms with Gasteiger partial charge in [0.2, 0.25) is 5.91 Å². The second-order valence-electron chi connectivity index (χ2n) is 6.70. The minimum atomic E-state index is -0.0333. The average Bonchev–Trinajstić information content (AvgIpc) is 2.55. The Kier molecular flexibility index (Phi) is 8.43. The summed E-state index contributed by atoms with van der Waals surface area (Å²) in [6.07, 6.45) is 4.93. The van der Waals surface area contributed by atoms with Gasteiger partial charge in [-0.05, 0) is 50.8 Å². The van der Waals surface area contributed by atoms with Crippen molar-refractivity contribution in [2.24, 2.45) is 11.7 Å². The lowest BCUT2D eigenvalue weighted by Crippen LogP contribution is -2.44. The number of amides is 1. The molecule has 4 nitrogen and oxygen atoms in total. The number of benzene rings is 1. The maximum atomic E-state index is 12.3. The first-order valence-electron chi connectivity index (χ1n) is 8.61. The van der Waals surface area contributed by atoms with Crippen LogP contribution in [-0.2, 0) is 4.79 Å². The average molecular weight is 353 g/mol. The number of halogens is 1. The lowest BCUT2D eigenvalue weighted by Gasteiger charge is -2.31. The Morgan fingerprint density at radius 2 is 1.88 bits per heavy atom. The van der Waals surface area contributed by atoms with Gasteiger partial charge in [0.1, 0.15) is 0 Å². The summed E-state index contributed by atoms with van der Waals surface area (Å²) in [5.74, 6) is 0.386. The summed E-state index contributed by atoms with van der Waals surface area (Å²) in [6, 6.07) is 6.03. The molecule has 1 aromatic carbocycles. The van der Waals surface area contributed by atoms with Crippen LogP contribution in [0.1, 0.15) is 60.0 Å². The fourth-order valence-electron chi connectivity index (χ4n) is 3.36. The van der Waals surface area contributed by atoms with Gasteiger partial charge in [-0.2, -0.15) is 0 Å². The SMILES string of the molecule is Cc1ccc(C)c(C(=O)CCC(=O)NC2CCCCC2CN)c1.Cl. The number of nitrogens with two attached hydrogens (primary N) is 1. The number of rotatable bonds is 6. The summed E-state index contributed by atoms with van der Waals surface area (Å²) < 4.78 is 0. The van der Waals surface area contributed by atoms with E-state index in [1.807, 2.05) is 32.0 Å². The van der Waals surface area contributed by atoms with Gasteiger partial charge in [-0.25, -0.2) is 0 Å². The van der Waals surface area contributed by atoms with E-state index in [0.29, 0.717) is 12.5 Å². The first-order chi connectivity index (χ1) is 11.0. The molecular weight excluding hydrogens is 324 g/mol. The third-order valence-corrected chi connectivity index (χ3v) is 4.83. The van der Waals surface area contributed by atoms with Crippen molar-refractivity contribution in [3.8, 4) is 0 Å². The van der Waals surface area contributed by atoms with Crippen LogP contribution in [0.3, 0.4) is 0 Å². The number of aryl methyl sites for hydroxylation is 2. The van der Waals surface area contributed by atoms with Gasteiger partial charge in [-0.3, -0.25) is 9.59 Å². The van der Waals surface area contributed by atoms with Crippen LogP contribution in [-0.4, -0.2) is 24.3 Å². The molecule has 1 amide bonds. The topological polar surface area (TPSA) is 72.2 Å². The molecule has 1 aliphatic carbocycles. The molecule has 134 valence electrons. The van der Waals surface area contributed by atoms with Crippen LogP contribution < -0.4 is 11.1 Å². The smallest absolute Gasteiger partial charge is 0.220 e. The van der Waals surface area contributed by atoms with Crippen molar-refractivity contribution in [1.82, 2.24) is 5.32 Å². The first-order valence-corrected chi connectivity index (χ1v) is 8.61. The maximum Gasteiger partial charge on any atom is 0.220 e. The standard InChI is InChI=1S/C19H28N2O2.ClH/c1-13-7-8-14(2)16(11-13)18(22)9-10-19(23)21-17-6-4-3-5-15(17)12-20;/h7-8,11,15,17H,3-6,9-10,12,20H2,1-2H3,(H,21,23);1H. The zero-order valence-corrected chi connectivity index (χ0v) is 15.5.